The zero-order chi connectivity index (χ0) is 36.1. The molecule has 1 aromatic carbocycles. The van der Waals surface area contributed by atoms with Crippen molar-refractivity contribution in [1.82, 2.24) is 35.9 Å². The number of thioether (sulfide) groups is 1. The Bertz CT molecular complexity index is 1360. The molecule has 15 nitrogen and oxygen atoms in total. The fourth-order valence-electron chi connectivity index (χ4n) is 5.55. The van der Waals surface area contributed by atoms with Crippen LogP contribution in [-0.4, -0.2) is 125 Å². The van der Waals surface area contributed by atoms with Gasteiger partial charge in [0, 0.05) is 49.7 Å². The molecular formula is C35H51N7O8S. The third-order valence-corrected chi connectivity index (χ3v) is 9.92. The molecule has 2 fully saturated rings. The van der Waals surface area contributed by atoms with Gasteiger partial charge in [-0.2, -0.15) is 0 Å². The van der Waals surface area contributed by atoms with Crippen molar-refractivity contribution in [3.8, 4) is 11.4 Å². The monoisotopic (exact) mass is 729 g/mol. The number of nitrogens with zero attached hydrogens (tertiary/aromatic N) is 5. The van der Waals surface area contributed by atoms with E-state index >= 15 is 0 Å². The largest absolute Gasteiger partial charge is 0.379 e. The molecule has 0 spiro atoms. The molecule has 4 amide bonds. The number of benzene rings is 1. The molecule has 2 heterocycles. The van der Waals surface area contributed by atoms with Gasteiger partial charge in [-0.25, -0.2) is 0 Å². The highest BCUT2D eigenvalue weighted by molar-refractivity contribution is 8.01. The maximum atomic E-state index is 12.8. The van der Waals surface area contributed by atoms with Crippen molar-refractivity contribution in [1.29, 1.82) is 0 Å². The van der Waals surface area contributed by atoms with Crippen molar-refractivity contribution in [2.45, 2.75) is 81.8 Å². The molecule has 51 heavy (non-hydrogen) atoms. The maximum absolute atomic E-state index is 12.8. The van der Waals surface area contributed by atoms with Gasteiger partial charge in [-0.05, 0) is 25.3 Å². The molecule has 1 aliphatic heterocycles. The van der Waals surface area contributed by atoms with Gasteiger partial charge in [0.1, 0.15) is 0 Å². The number of imide groups is 1. The average molecular weight is 730 g/mol. The number of hydrogen-bond donors (Lipinski definition) is 2. The fourth-order valence-corrected chi connectivity index (χ4v) is 7.10. The van der Waals surface area contributed by atoms with E-state index < -0.39 is 0 Å². The first-order valence-corrected chi connectivity index (χ1v) is 18.8. The second-order valence-electron chi connectivity index (χ2n) is 12.4. The lowest BCUT2D eigenvalue weighted by molar-refractivity contribution is -0.138. The van der Waals surface area contributed by atoms with Crippen LogP contribution in [0.15, 0.2) is 24.3 Å². The van der Waals surface area contributed by atoms with Gasteiger partial charge >= 0.3 is 0 Å². The highest BCUT2D eigenvalue weighted by Gasteiger charge is 2.40. The number of aryl methyl sites for hydroxylation is 1. The molecule has 0 radical (unpaired) electrons. The number of hydrogen-bond acceptors (Lipinski definition) is 13. The summed E-state index contributed by atoms with van der Waals surface area (Å²) >= 11 is 1.66. The van der Waals surface area contributed by atoms with E-state index in [2.05, 4.69) is 31.0 Å². The van der Waals surface area contributed by atoms with Crippen molar-refractivity contribution >= 4 is 35.4 Å². The van der Waals surface area contributed by atoms with Crippen molar-refractivity contribution in [3.63, 3.8) is 0 Å². The minimum atomic E-state index is -0.308. The lowest BCUT2D eigenvalue weighted by Crippen LogP contribution is -2.36. The predicted molar refractivity (Wildman–Crippen MR) is 189 cm³/mol. The maximum Gasteiger partial charge on any atom is 0.242 e. The van der Waals surface area contributed by atoms with Crippen LogP contribution in [0.3, 0.4) is 0 Å². The Balaban J connectivity index is 0.892. The predicted octanol–water partition coefficient (Wildman–Crippen LogP) is 2.40. The summed E-state index contributed by atoms with van der Waals surface area (Å²) in [5.74, 6) is 0.308. The summed E-state index contributed by atoms with van der Waals surface area (Å²) < 4.78 is 21.9. The van der Waals surface area contributed by atoms with Crippen LogP contribution in [0.4, 0.5) is 0 Å². The molecule has 0 bridgehead atoms. The van der Waals surface area contributed by atoms with E-state index in [0.717, 1.165) is 24.0 Å². The summed E-state index contributed by atoms with van der Waals surface area (Å²) in [6.45, 7) is 5.55. The normalized spacial score (nSPS) is 16.7. The third kappa shape index (κ3) is 15.3. The van der Waals surface area contributed by atoms with Gasteiger partial charge in [-0.1, -0.05) is 49.9 Å². The highest BCUT2D eigenvalue weighted by atomic mass is 32.2. The van der Waals surface area contributed by atoms with E-state index in [1.165, 1.54) is 30.6 Å². The smallest absolute Gasteiger partial charge is 0.242 e. The number of nitrogens with one attached hydrogen (secondary N) is 2. The second-order valence-corrected chi connectivity index (χ2v) is 13.9. The first kappa shape index (κ1) is 40.2. The molecule has 1 saturated heterocycles. The van der Waals surface area contributed by atoms with E-state index in [1.54, 1.807) is 18.7 Å². The Hall–Kier alpha value is -3.57. The van der Waals surface area contributed by atoms with Crippen LogP contribution < -0.4 is 10.6 Å². The number of carbonyl (C=O) groups is 4. The van der Waals surface area contributed by atoms with Crippen molar-refractivity contribution < 1.29 is 38.1 Å². The summed E-state index contributed by atoms with van der Waals surface area (Å²) in [7, 11) is 0. The topological polar surface area (TPSA) is 184 Å². The highest BCUT2D eigenvalue weighted by Crippen LogP contribution is 2.35. The number of likely N-dealkylation sites (tertiary alicyclic amines) is 1. The van der Waals surface area contributed by atoms with E-state index in [-0.39, 0.29) is 54.7 Å². The quantitative estimate of drug-likeness (QED) is 0.0967. The second kappa shape index (κ2) is 23.1. The minimum absolute atomic E-state index is 0.0847. The average Bonchev–Trinajstić information content (AvgIpc) is 3.26. The number of rotatable bonds is 23. The van der Waals surface area contributed by atoms with Crippen LogP contribution >= 0.6 is 11.8 Å². The Morgan fingerprint density at radius 3 is 2.00 bits per heavy atom. The van der Waals surface area contributed by atoms with Crippen LogP contribution in [0.1, 0.15) is 69.2 Å². The molecule has 16 heteroatoms. The Labute approximate surface area is 303 Å². The van der Waals surface area contributed by atoms with Gasteiger partial charge < -0.3 is 29.6 Å². The number of aromatic nitrogens is 4. The Morgan fingerprint density at radius 1 is 0.765 bits per heavy atom. The molecule has 2 aliphatic rings. The Morgan fingerprint density at radius 2 is 1.35 bits per heavy atom. The van der Waals surface area contributed by atoms with E-state index in [9.17, 15) is 19.2 Å². The summed E-state index contributed by atoms with van der Waals surface area (Å²) in [5.41, 5.74) is 1.75. The van der Waals surface area contributed by atoms with Gasteiger partial charge in [-0.3, -0.25) is 24.1 Å². The number of ether oxygens (including phenoxy) is 4. The van der Waals surface area contributed by atoms with Gasteiger partial charge in [0.15, 0.2) is 5.82 Å². The lowest BCUT2D eigenvalue weighted by Gasteiger charge is -2.18. The number of carbonyl (C=O) groups excluding carboxylic acids is 4. The standard InChI is InChI=1S/C35H51N7O8S/c1-26-38-40-34(41-39-26)28-10-8-27(9-11-28)25-37-32(44)13-16-47-18-20-49-22-23-50-21-19-48-17-14-36-31(43)12-15-42-33(45)24-30(35(42)46)51-29-6-4-2-3-5-7-29/h8-11,29-30H,2-7,12-25H2,1H3,(H,36,43)(H,37,44). The van der Waals surface area contributed by atoms with Crippen molar-refractivity contribution in [3.05, 3.63) is 35.7 Å². The first-order chi connectivity index (χ1) is 24.9. The van der Waals surface area contributed by atoms with Crippen LogP contribution in [0.25, 0.3) is 11.4 Å². The lowest BCUT2D eigenvalue weighted by atomic mass is 10.1. The molecule has 1 aromatic heterocycles. The van der Waals surface area contributed by atoms with E-state index in [4.69, 9.17) is 18.9 Å². The first-order valence-electron chi connectivity index (χ1n) is 17.9. The molecule has 4 rings (SSSR count). The van der Waals surface area contributed by atoms with Crippen LogP contribution in [0.2, 0.25) is 0 Å². The summed E-state index contributed by atoms with van der Waals surface area (Å²) in [5, 5.41) is 21.6. The van der Waals surface area contributed by atoms with Gasteiger partial charge in [-0.15, -0.1) is 32.2 Å². The molecule has 1 atom stereocenters. The fraction of sp³-hybridized carbons (Fsp3) is 0.657. The van der Waals surface area contributed by atoms with Crippen molar-refractivity contribution in [2.75, 3.05) is 65.9 Å². The molecule has 1 unspecified atom stereocenters. The van der Waals surface area contributed by atoms with Gasteiger partial charge in [0.05, 0.1) is 58.1 Å². The molecule has 1 saturated carbocycles. The summed E-state index contributed by atoms with van der Waals surface area (Å²) in [6.07, 6.45) is 7.67. The van der Waals surface area contributed by atoms with Crippen molar-refractivity contribution in [2.24, 2.45) is 0 Å². The van der Waals surface area contributed by atoms with Crippen LogP contribution in [0.5, 0.6) is 0 Å². The Kier molecular flexibility index (Phi) is 18.2. The third-order valence-electron chi connectivity index (χ3n) is 8.36. The summed E-state index contributed by atoms with van der Waals surface area (Å²) in [4.78, 5) is 50.8. The molecular weight excluding hydrogens is 678 g/mol. The molecule has 1 aliphatic carbocycles. The van der Waals surface area contributed by atoms with Gasteiger partial charge in [0.25, 0.3) is 0 Å². The summed E-state index contributed by atoms with van der Waals surface area (Å²) in [6, 6.07) is 7.52. The zero-order valence-electron chi connectivity index (χ0n) is 29.5. The van der Waals surface area contributed by atoms with E-state index in [0.29, 0.717) is 82.8 Å². The molecule has 2 aromatic rings. The van der Waals surface area contributed by atoms with Crippen LogP contribution in [0, 0.1) is 6.92 Å². The minimum Gasteiger partial charge on any atom is -0.379 e. The van der Waals surface area contributed by atoms with Gasteiger partial charge in [0.2, 0.25) is 29.5 Å². The molecule has 280 valence electrons. The zero-order valence-corrected chi connectivity index (χ0v) is 30.3. The van der Waals surface area contributed by atoms with E-state index in [1.807, 2.05) is 24.3 Å². The van der Waals surface area contributed by atoms with Crippen LogP contribution in [-0.2, 0) is 44.7 Å². The SMILES string of the molecule is Cc1nnc(-c2ccc(CNC(=O)CCOCCOCCOCCOCCNC(=O)CCN3C(=O)CC(SC4CCCCCC4)C3=O)cc2)nn1. The number of amides is 4. The molecule has 2 N–H and O–H groups in total.